The predicted molar refractivity (Wildman–Crippen MR) is 77.1 cm³/mol. The van der Waals surface area contributed by atoms with Crippen molar-refractivity contribution in [2.24, 2.45) is 5.92 Å². The second-order valence-corrected chi connectivity index (χ2v) is 5.32. The van der Waals surface area contributed by atoms with Crippen LogP contribution in [0.1, 0.15) is 24.9 Å². The van der Waals surface area contributed by atoms with Gasteiger partial charge in [-0.15, -0.1) is 0 Å². The van der Waals surface area contributed by atoms with Crippen molar-refractivity contribution in [3.8, 4) is 0 Å². The number of nitrogens with zero attached hydrogens (tertiary/aromatic N) is 1. The average molecular weight is 256 g/mol. The topological polar surface area (TPSA) is 34.2 Å². The van der Waals surface area contributed by atoms with Crippen molar-refractivity contribution >= 4 is 10.9 Å². The molecule has 1 saturated heterocycles. The maximum absolute atomic E-state index is 5.91. The van der Waals surface area contributed by atoms with Crippen LogP contribution >= 0.6 is 0 Å². The first-order valence-corrected chi connectivity index (χ1v) is 6.93. The third-order valence-electron chi connectivity index (χ3n) is 4.07. The van der Waals surface area contributed by atoms with Gasteiger partial charge in [0, 0.05) is 18.2 Å². The summed E-state index contributed by atoms with van der Waals surface area (Å²) in [6.07, 6.45) is 3.25. The molecule has 1 N–H and O–H groups in total. The molecule has 0 bridgehead atoms. The molecular formula is C16H20N2O. The number of benzene rings is 1. The molecule has 0 radical (unpaired) electrons. The molecule has 100 valence electrons. The van der Waals surface area contributed by atoms with Gasteiger partial charge >= 0.3 is 0 Å². The van der Waals surface area contributed by atoms with Crippen LogP contribution in [0.15, 0.2) is 36.5 Å². The molecule has 1 fully saturated rings. The van der Waals surface area contributed by atoms with Crippen LogP contribution in [0.3, 0.4) is 0 Å². The second kappa shape index (κ2) is 5.27. The van der Waals surface area contributed by atoms with Gasteiger partial charge in [-0.25, -0.2) is 0 Å². The Hall–Kier alpha value is -1.45. The Morgan fingerprint density at radius 2 is 2.26 bits per heavy atom. The molecule has 1 aromatic heterocycles. The average Bonchev–Trinajstić information content (AvgIpc) is 2.86. The number of nitrogens with one attached hydrogen (secondary N) is 1. The van der Waals surface area contributed by atoms with Crippen molar-refractivity contribution in [3.63, 3.8) is 0 Å². The first kappa shape index (κ1) is 12.6. The van der Waals surface area contributed by atoms with Gasteiger partial charge in [0.25, 0.3) is 0 Å². The minimum absolute atomic E-state index is 0.252. The lowest BCUT2D eigenvalue weighted by Gasteiger charge is -2.26. The summed E-state index contributed by atoms with van der Waals surface area (Å²) in [5.41, 5.74) is 2.32. The zero-order valence-corrected chi connectivity index (χ0v) is 11.5. The van der Waals surface area contributed by atoms with Crippen molar-refractivity contribution in [2.75, 3.05) is 13.7 Å². The van der Waals surface area contributed by atoms with Crippen molar-refractivity contribution in [3.05, 3.63) is 42.1 Å². The molecule has 3 rings (SSSR count). The summed E-state index contributed by atoms with van der Waals surface area (Å²) < 4.78 is 5.91. The summed E-state index contributed by atoms with van der Waals surface area (Å²) in [4.78, 5) is 4.37. The van der Waals surface area contributed by atoms with Crippen molar-refractivity contribution in [1.29, 1.82) is 0 Å². The summed E-state index contributed by atoms with van der Waals surface area (Å²) in [6, 6.07) is 10.8. The molecule has 3 atom stereocenters. The van der Waals surface area contributed by atoms with Crippen LogP contribution in [0.25, 0.3) is 10.9 Å². The third kappa shape index (κ3) is 2.36. The van der Waals surface area contributed by atoms with E-state index in [0.29, 0.717) is 5.92 Å². The summed E-state index contributed by atoms with van der Waals surface area (Å²) in [5.74, 6) is 0.599. The van der Waals surface area contributed by atoms with Gasteiger partial charge in [-0.05, 0) is 43.1 Å². The molecule has 1 aliphatic rings. The van der Waals surface area contributed by atoms with Gasteiger partial charge in [-0.1, -0.05) is 19.1 Å². The predicted octanol–water partition coefficient (Wildman–Crippen LogP) is 2.92. The molecule has 0 saturated carbocycles. The van der Waals surface area contributed by atoms with Crippen LogP contribution in [0.2, 0.25) is 0 Å². The Morgan fingerprint density at radius 3 is 3.00 bits per heavy atom. The fraction of sp³-hybridized carbons (Fsp3) is 0.438. The molecule has 0 amide bonds. The van der Waals surface area contributed by atoms with E-state index in [0.717, 1.165) is 18.5 Å². The summed E-state index contributed by atoms with van der Waals surface area (Å²) >= 11 is 0. The van der Waals surface area contributed by atoms with E-state index in [2.05, 4.69) is 41.5 Å². The van der Waals surface area contributed by atoms with Gasteiger partial charge in [0.2, 0.25) is 0 Å². The molecule has 2 heterocycles. The van der Waals surface area contributed by atoms with Gasteiger partial charge in [0.15, 0.2) is 0 Å². The van der Waals surface area contributed by atoms with Crippen molar-refractivity contribution in [2.45, 2.75) is 25.5 Å². The Kier molecular flexibility index (Phi) is 3.49. The highest BCUT2D eigenvalue weighted by molar-refractivity contribution is 5.79. The number of rotatable bonds is 3. The van der Waals surface area contributed by atoms with E-state index in [9.17, 15) is 0 Å². The Bertz CT molecular complexity index is 569. The molecule has 3 nitrogen and oxygen atoms in total. The van der Waals surface area contributed by atoms with Gasteiger partial charge in [0.1, 0.15) is 0 Å². The van der Waals surface area contributed by atoms with E-state index < -0.39 is 0 Å². The zero-order chi connectivity index (χ0) is 13.2. The highest BCUT2D eigenvalue weighted by Gasteiger charge is 2.32. The number of likely N-dealkylation sites (N-methyl/N-ethyl adjacent to an activating group) is 1. The summed E-state index contributed by atoms with van der Waals surface area (Å²) in [7, 11) is 2.01. The molecule has 1 aromatic carbocycles. The number of hydrogen-bond acceptors (Lipinski definition) is 3. The minimum Gasteiger partial charge on any atom is -0.376 e. The quantitative estimate of drug-likeness (QED) is 0.917. The maximum Gasteiger partial charge on any atom is 0.0795 e. The van der Waals surface area contributed by atoms with Crippen LogP contribution in [-0.4, -0.2) is 24.7 Å². The Morgan fingerprint density at radius 1 is 1.37 bits per heavy atom. The first-order chi connectivity index (χ1) is 9.29. The highest BCUT2D eigenvalue weighted by atomic mass is 16.5. The van der Waals surface area contributed by atoms with Crippen molar-refractivity contribution in [1.82, 2.24) is 10.3 Å². The fourth-order valence-corrected chi connectivity index (χ4v) is 2.95. The zero-order valence-electron chi connectivity index (χ0n) is 11.5. The van der Waals surface area contributed by atoms with E-state index in [4.69, 9.17) is 4.74 Å². The lowest BCUT2D eigenvalue weighted by Crippen LogP contribution is -2.32. The number of pyridine rings is 1. The molecule has 2 aromatic rings. The van der Waals surface area contributed by atoms with Gasteiger partial charge in [0.05, 0.1) is 17.7 Å². The minimum atomic E-state index is 0.252. The molecule has 0 spiro atoms. The van der Waals surface area contributed by atoms with Gasteiger partial charge < -0.3 is 10.1 Å². The fourth-order valence-electron chi connectivity index (χ4n) is 2.95. The summed E-state index contributed by atoms with van der Waals surface area (Å²) in [5, 5.41) is 4.60. The van der Waals surface area contributed by atoms with Crippen LogP contribution < -0.4 is 5.32 Å². The first-order valence-electron chi connectivity index (χ1n) is 6.93. The normalized spacial score (nSPS) is 24.7. The lowest BCUT2D eigenvalue weighted by molar-refractivity contribution is 0.0632. The Balaban J connectivity index is 1.96. The number of aromatic nitrogens is 1. The molecule has 1 aliphatic heterocycles. The van der Waals surface area contributed by atoms with Crippen LogP contribution in [0, 0.1) is 5.92 Å². The van der Waals surface area contributed by atoms with Crippen LogP contribution in [-0.2, 0) is 4.74 Å². The monoisotopic (exact) mass is 256 g/mol. The third-order valence-corrected chi connectivity index (χ3v) is 4.07. The molecule has 3 heteroatoms. The van der Waals surface area contributed by atoms with Crippen molar-refractivity contribution < 1.29 is 4.74 Å². The van der Waals surface area contributed by atoms with E-state index in [1.165, 1.54) is 10.9 Å². The number of fused-ring (bicyclic) bond motifs is 1. The van der Waals surface area contributed by atoms with Gasteiger partial charge in [-0.2, -0.15) is 0 Å². The standard InChI is InChI=1S/C16H20N2O/c1-11-7-9-19-16(11)15(17-2)13-5-6-14-12(10-13)4-3-8-18-14/h3-6,8,10-11,15-17H,7,9H2,1-2H3. The number of ether oxygens (including phenoxy) is 1. The molecule has 0 aliphatic carbocycles. The second-order valence-electron chi connectivity index (χ2n) is 5.32. The number of hydrogen-bond donors (Lipinski definition) is 1. The van der Waals surface area contributed by atoms with E-state index in [1.807, 2.05) is 19.3 Å². The van der Waals surface area contributed by atoms with Gasteiger partial charge in [-0.3, -0.25) is 4.98 Å². The van der Waals surface area contributed by atoms with Crippen LogP contribution in [0.4, 0.5) is 0 Å². The molecular weight excluding hydrogens is 236 g/mol. The highest BCUT2D eigenvalue weighted by Crippen LogP contribution is 2.32. The lowest BCUT2D eigenvalue weighted by atomic mass is 9.92. The maximum atomic E-state index is 5.91. The SMILES string of the molecule is CNC(c1ccc2ncccc2c1)C1OCCC1C. The van der Waals surface area contributed by atoms with E-state index in [1.54, 1.807) is 0 Å². The Labute approximate surface area is 114 Å². The van der Waals surface area contributed by atoms with Crippen LogP contribution in [0.5, 0.6) is 0 Å². The largest absolute Gasteiger partial charge is 0.376 e. The van der Waals surface area contributed by atoms with E-state index in [-0.39, 0.29) is 12.1 Å². The van der Waals surface area contributed by atoms with E-state index >= 15 is 0 Å². The molecule has 19 heavy (non-hydrogen) atoms. The summed E-state index contributed by atoms with van der Waals surface area (Å²) in [6.45, 7) is 3.14. The smallest absolute Gasteiger partial charge is 0.0795 e. The molecule has 3 unspecified atom stereocenters.